The van der Waals surface area contributed by atoms with Crippen molar-refractivity contribution in [1.82, 2.24) is 9.62 Å². The van der Waals surface area contributed by atoms with Crippen LogP contribution in [-0.2, 0) is 27.8 Å². The number of aryl methyl sites for hydroxylation is 1. The van der Waals surface area contributed by atoms with Gasteiger partial charge in [-0.05, 0) is 74.1 Å². The number of hydrogen-bond acceptors (Lipinski definition) is 5. The molecule has 0 unspecified atom stereocenters. The lowest BCUT2D eigenvalue weighted by atomic mass is 9.68. The maximum atomic E-state index is 15.4. The van der Waals surface area contributed by atoms with Gasteiger partial charge in [0.05, 0.1) is 0 Å². The molecule has 9 heteroatoms. The van der Waals surface area contributed by atoms with Gasteiger partial charge in [-0.15, -0.1) is 0 Å². The summed E-state index contributed by atoms with van der Waals surface area (Å²) in [6.07, 6.45) is 8.09. The SMILES string of the molecule is O=C1CN(c2c(O)cc3c(c2F)CC[C@@H](N2CCC4(CCC4)C2)CC3)S(=O)(=O)N1. The van der Waals surface area contributed by atoms with Gasteiger partial charge >= 0.3 is 10.2 Å². The van der Waals surface area contributed by atoms with Crippen LogP contribution in [-0.4, -0.2) is 50.0 Å². The molecule has 3 fully saturated rings. The van der Waals surface area contributed by atoms with Gasteiger partial charge in [0.1, 0.15) is 18.0 Å². The first-order chi connectivity index (χ1) is 13.8. The number of benzene rings is 1. The van der Waals surface area contributed by atoms with Gasteiger partial charge in [-0.2, -0.15) is 8.42 Å². The van der Waals surface area contributed by atoms with Crippen molar-refractivity contribution in [3.8, 4) is 5.75 Å². The van der Waals surface area contributed by atoms with Gasteiger partial charge in [0, 0.05) is 12.6 Å². The molecule has 1 spiro atoms. The molecule has 1 aromatic carbocycles. The number of rotatable bonds is 2. The number of nitrogens with one attached hydrogen (secondary N) is 1. The van der Waals surface area contributed by atoms with E-state index in [9.17, 15) is 18.3 Å². The van der Waals surface area contributed by atoms with E-state index in [1.54, 1.807) is 0 Å². The highest BCUT2D eigenvalue weighted by molar-refractivity contribution is 7.92. The van der Waals surface area contributed by atoms with Gasteiger partial charge < -0.3 is 5.11 Å². The van der Waals surface area contributed by atoms with E-state index in [1.165, 1.54) is 31.7 Å². The monoisotopic (exact) mass is 423 g/mol. The lowest BCUT2D eigenvalue weighted by Crippen LogP contribution is -2.38. The van der Waals surface area contributed by atoms with Gasteiger partial charge in [0.2, 0.25) is 0 Å². The van der Waals surface area contributed by atoms with Gasteiger partial charge in [-0.25, -0.2) is 13.4 Å². The molecule has 2 aliphatic carbocycles. The molecule has 1 atom stereocenters. The van der Waals surface area contributed by atoms with Crippen LogP contribution in [0, 0.1) is 11.2 Å². The lowest BCUT2D eigenvalue weighted by Gasteiger charge is -2.39. The molecule has 1 saturated carbocycles. The number of aromatic hydroxyl groups is 1. The number of carbonyl (C=O) groups excluding carboxylic acids is 1. The zero-order chi connectivity index (χ0) is 20.4. The molecule has 2 saturated heterocycles. The number of nitrogens with zero attached hydrogens (tertiary/aromatic N) is 2. The van der Waals surface area contributed by atoms with Crippen molar-refractivity contribution in [1.29, 1.82) is 0 Å². The predicted molar refractivity (Wildman–Crippen MR) is 105 cm³/mol. The number of carbonyl (C=O) groups is 1. The predicted octanol–water partition coefficient (Wildman–Crippen LogP) is 1.84. The van der Waals surface area contributed by atoms with Crippen molar-refractivity contribution in [2.24, 2.45) is 5.41 Å². The zero-order valence-corrected chi connectivity index (χ0v) is 17.1. The highest BCUT2D eigenvalue weighted by atomic mass is 32.2. The summed E-state index contributed by atoms with van der Waals surface area (Å²) >= 11 is 0. The first-order valence-electron chi connectivity index (χ1n) is 10.4. The summed E-state index contributed by atoms with van der Waals surface area (Å²) in [6.45, 7) is 1.71. The van der Waals surface area contributed by atoms with Crippen molar-refractivity contribution in [2.75, 3.05) is 23.9 Å². The smallest absolute Gasteiger partial charge is 0.326 e. The first-order valence-corrected chi connectivity index (χ1v) is 11.8. The van der Waals surface area contributed by atoms with Crippen LogP contribution in [0.25, 0.3) is 0 Å². The molecule has 7 nitrogen and oxygen atoms in total. The van der Waals surface area contributed by atoms with Crippen LogP contribution < -0.4 is 9.03 Å². The number of anilines is 1. The number of halogens is 1. The number of phenolic OH excluding ortho intramolecular Hbond substituents is 1. The summed E-state index contributed by atoms with van der Waals surface area (Å²) in [5.41, 5.74) is 1.29. The maximum Gasteiger partial charge on any atom is 0.326 e. The molecule has 0 radical (unpaired) electrons. The van der Waals surface area contributed by atoms with Crippen LogP contribution in [0.15, 0.2) is 6.07 Å². The van der Waals surface area contributed by atoms with Crippen LogP contribution >= 0.6 is 0 Å². The van der Waals surface area contributed by atoms with Crippen molar-refractivity contribution in [2.45, 2.75) is 57.4 Å². The molecular formula is C20H26FN3O4S. The number of hydrogen-bond donors (Lipinski definition) is 2. The average Bonchev–Trinajstić information content (AvgIpc) is 3.10. The standard InChI is InChI=1S/C20H26FN3O4S/c21-18-15-5-4-14(23-9-8-20(12-23)6-1-7-20)3-2-13(15)10-16(25)19(18)24-11-17(26)22-29(24,27)28/h10,14,25H,1-9,11-12H2,(H,22,26)/t14-/m0/s1. The molecule has 1 amide bonds. The fraction of sp³-hybridized carbons (Fsp3) is 0.650. The lowest BCUT2D eigenvalue weighted by molar-refractivity contribution is -0.117. The minimum absolute atomic E-state index is 0.381. The molecule has 158 valence electrons. The summed E-state index contributed by atoms with van der Waals surface area (Å²) in [7, 11) is -4.18. The maximum absolute atomic E-state index is 15.4. The highest BCUT2D eigenvalue weighted by Gasteiger charge is 2.44. The quantitative estimate of drug-likeness (QED) is 0.709. The number of fused-ring (bicyclic) bond motifs is 1. The topological polar surface area (TPSA) is 90.0 Å². The first kappa shape index (κ1) is 19.1. The van der Waals surface area contributed by atoms with E-state index in [0.717, 1.165) is 31.5 Å². The molecule has 0 bridgehead atoms. The Bertz CT molecular complexity index is 976. The molecule has 1 aromatic rings. The fourth-order valence-corrected chi connectivity index (χ4v) is 6.77. The van der Waals surface area contributed by atoms with Crippen molar-refractivity contribution < 1.29 is 22.7 Å². The van der Waals surface area contributed by atoms with Crippen LogP contribution in [0.1, 0.15) is 49.7 Å². The summed E-state index contributed by atoms with van der Waals surface area (Å²) < 4.78 is 42.1. The van der Waals surface area contributed by atoms with Crippen LogP contribution in [0.4, 0.5) is 10.1 Å². The Balaban J connectivity index is 1.41. The third-order valence-electron chi connectivity index (χ3n) is 7.36. The number of amides is 1. The second-order valence-electron chi connectivity index (χ2n) is 9.04. The van der Waals surface area contributed by atoms with E-state index in [0.29, 0.717) is 34.2 Å². The highest BCUT2D eigenvalue weighted by Crippen LogP contribution is 2.49. The molecule has 5 rings (SSSR count). The van der Waals surface area contributed by atoms with Crippen LogP contribution in [0.3, 0.4) is 0 Å². The van der Waals surface area contributed by atoms with Crippen molar-refractivity contribution >= 4 is 21.8 Å². The zero-order valence-electron chi connectivity index (χ0n) is 16.3. The van der Waals surface area contributed by atoms with E-state index in [1.807, 2.05) is 4.72 Å². The Hall–Kier alpha value is -1.87. The van der Waals surface area contributed by atoms with Crippen molar-refractivity contribution in [3.63, 3.8) is 0 Å². The Labute approximate surface area is 170 Å². The minimum Gasteiger partial charge on any atom is -0.506 e. The van der Waals surface area contributed by atoms with Gasteiger partial charge in [0.15, 0.2) is 5.82 Å². The van der Waals surface area contributed by atoms with Crippen LogP contribution in [0.5, 0.6) is 5.75 Å². The Kier molecular flexibility index (Phi) is 4.33. The molecule has 2 aliphatic heterocycles. The van der Waals surface area contributed by atoms with E-state index in [4.69, 9.17) is 0 Å². The Morgan fingerprint density at radius 3 is 2.59 bits per heavy atom. The minimum atomic E-state index is -4.18. The Morgan fingerprint density at radius 1 is 1.21 bits per heavy atom. The van der Waals surface area contributed by atoms with Crippen molar-refractivity contribution in [3.05, 3.63) is 23.0 Å². The molecule has 2 N–H and O–H groups in total. The largest absolute Gasteiger partial charge is 0.506 e. The van der Waals surface area contributed by atoms with E-state index < -0.39 is 39.9 Å². The van der Waals surface area contributed by atoms with E-state index >= 15 is 4.39 Å². The Morgan fingerprint density at radius 2 is 1.97 bits per heavy atom. The van der Waals surface area contributed by atoms with Gasteiger partial charge in [-0.3, -0.25) is 9.69 Å². The molecular weight excluding hydrogens is 397 g/mol. The molecule has 4 aliphatic rings. The summed E-state index contributed by atoms with van der Waals surface area (Å²) in [5.74, 6) is -1.90. The van der Waals surface area contributed by atoms with Crippen LogP contribution in [0.2, 0.25) is 0 Å². The summed E-state index contributed by atoms with van der Waals surface area (Å²) in [5, 5.41) is 10.4. The fourth-order valence-electron chi connectivity index (χ4n) is 5.60. The third-order valence-corrected chi connectivity index (χ3v) is 8.73. The van der Waals surface area contributed by atoms with E-state index in [-0.39, 0.29) is 0 Å². The number of likely N-dealkylation sites (tertiary alicyclic amines) is 1. The van der Waals surface area contributed by atoms with Gasteiger partial charge in [0.25, 0.3) is 5.91 Å². The second-order valence-corrected chi connectivity index (χ2v) is 10.6. The van der Waals surface area contributed by atoms with E-state index in [2.05, 4.69) is 4.90 Å². The normalized spacial score (nSPS) is 28.1. The molecule has 0 aromatic heterocycles. The number of phenols is 1. The summed E-state index contributed by atoms with van der Waals surface area (Å²) in [6, 6.07) is 1.86. The second kappa shape index (κ2) is 6.57. The van der Waals surface area contributed by atoms with Gasteiger partial charge in [-0.1, -0.05) is 6.42 Å². The third kappa shape index (κ3) is 3.09. The molecule has 2 heterocycles. The average molecular weight is 424 g/mol. The molecule has 29 heavy (non-hydrogen) atoms. The summed E-state index contributed by atoms with van der Waals surface area (Å²) in [4.78, 5) is 14.1.